The number of carbonyl (C=O) groups is 1. The van der Waals surface area contributed by atoms with Crippen LogP contribution in [0.3, 0.4) is 0 Å². The van der Waals surface area contributed by atoms with E-state index in [1.165, 1.54) is 14.0 Å². The highest BCUT2D eigenvalue weighted by atomic mass is 16.7. The van der Waals surface area contributed by atoms with Crippen molar-refractivity contribution in [3.05, 3.63) is 0 Å². The standard InChI is InChI=1S/C37H70N2O11/c1-14-29-37(9,44)32(41)24(6)39(12)19-20(2)15-21(3)27(49-35-31(40)26(38(10)11)16-22(4)46-35)17-28(23(5)34(43)50-29)48-30-18-36(8,45-13)33(42)25(7)47-30/h20-33,35,40-42,44H,14-19H2,1-13H3/t20-,21+,22-,23-,24-,25+,26+,27-,28+,29-,30+,31-,32-,33+,35+,36-,37-/m1/s1. The van der Waals surface area contributed by atoms with Crippen LogP contribution in [0.1, 0.15) is 94.4 Å². The van der Waals surface area contributed by atoms with E-state index in [2.05, 4.69) is 13.8 Å². The summed E-state index contributed by atoms with van der Waals surface area (Å²) in [5, 5.41) is 45.4. The first-order valence-electron chi connectivity index (χ1n) is 18.7. The molecule has 0 unspecified atom stereocenters. The smallest absolute Gasteiger partial charge is 0.311 e. The van der Waals surface area contributed by atoms with Gasteiger partial charge in [-0.25, -0.2) is 0 Å². The monoisotopic (exact) mass is 718 g/mol. The second kappa shape index (κ2) is 17.9. The summed E-state index contributed by atoms with van der Waals surface area (Å²) in [7, 11) is 7.32. The van der Waals surface area contributed by atoms with Crippen molar-refractivity contribution in [2.24, 2.45) is 17.8 Å². The Kier molecular flexibility index (Phi) is 15.6. The number of hydrogen-bond acceptors (Lipinski definition) is 13. The van der Waals surface area contributed by atoms with E-state index >= 15 is 0 Å². The number of carbonyl (C=O) groups excluding carboxylic acids is 1. The number of aliphatic hydroxyl groups is 4. The molecule has 17 atom stereocenters. The number of rotatable bonds is 7. The van der Waals surface area contributed by atoms with Crippen molar-refractivity contribution in [2.75, 3.05) is 34.8 Å². The van der Waals surface area contributed by atoms with Gasteiger partial charge in [0.2, 0.25) is 0 Å². The lowest BCUT2D eigenvalue weighted by Crippen LogP contribution is -2.59. The maximum Gasteiger partial charge on any atom is 0.311 e. The SMILES string of the molecule is CC[C@H]1OC(=O)[C@H](C)[C@@H](O[C@H]2C[C@@](C)(OC)[C@@H](O)[C@H](C)O2)C[C@@H](O[C@@H]2O[C@H](C)C[C@H](N(C)C)[C@H]2O)[C@@H](C)C[C@@H](C)CN(C)[C@H](C)[C@@H](O)[C@]1(C)O. The highest BCUT2D eigenvalue weighted by molar-refractivity contribution is 5.73. The molecule has 0 aliphatic carbocycles. The van der Waals surface area contributed by atoms with Gasteiger partial charge in [0.25, 0.3) is 0 Å². The molecule has 3 heterocycles. The molecule has 3 aliphatic rings. The van der Waals surface area contributed by atoms with Crippen LogP contribution in [-0.4, -0.2) is 156 Å². The van der Waals surface area contributed by atoms with Crippen LogP contribution in [0, 0.1) is 17.8 Å². The quantitative estimate of drug-likeness (QED) is 0.285. The molecular formula is C37H70N2O11. The summed E-state index contributed by atoms with van der Waals surface area (Å²) in [6.45, 7) is 17.3. The molecule has 3 aliphatic heterocycles. The zero-order chi connectivity index (χ0) is 37.9. The van der Waals surface area contributed by atoms with Gasteiger partial charge in [0.1, 0.15) is 30.0 Å². The molecule has 13 nitrogen and oxygen atoms in total. The van der Waals surface area contributed by atoms with Crippen molar-refractivity contribution < 1.29 is 53.6 Å². The number of methoxy groups -OCH3 is 1. The average molecular weight is 719 g/mol. The molecule has 3 rings (SSSR count). The topological polar surface area (TPSA) is 160 Å². The fourth-order valence-electron chi connectivity index (χ4n) is 8.10. The third kappa shape index (κ3) is 10.2. The minimum Gasteiger partial charge on any atom is -0.459 e. The van der Waals surface area contributed by atoms with Gasteiger partial charge in [-0.05, 0) is 93.8 Å². The molecule has 0 bridgehead atoms. The van der Waals surface area contributed by atoms with Gasteiger partial charge >= 0.3 is 5.97 Å². The molecule has 4 N–H and O–H groups in total. The molecule has 294 valence electrons. The number of likely N-dealkylation sites (N-methyl/N-ethyl adjacent to an activating group) is 2. The molecule has 0 aromatic heterocycles. The fraction of sp³-hybridized carbons (Fsp3) is 0.973. The first-order valence-corrected chi connectivity index (χ1v) is 18.7. The first-order chi connectivity index (χ1) is 23.2. The Labute approximate surface area is 300 Å². The zero-order valence-corrected chi connectivity index (χ0v) is 32.9. The Balaban J connectivity index is 2.07. The molecule has 0 saturated carbocycles. The molecule has 0 aromatic carbocycles. The van der Waals surface area contributed by atoms with Crippen LogP contribution in [0.5, 0.6) is 0 Å². The van der Waals surface area contributed by atoms with Gasteiger partial charge in [-0.1, -0.05) is 20.8 Å². The van der Waals surface area contributed by atoms with Crippen molar-refractivity contribution in [3.63, 3.8) is 0 Å². The number of hydrogen-bond donors (Lipinski definition) is 4. The van der Waals surface area contributed by atoms with Crippen molar-refractivity contribution in [1.82, 2.24) is 9.80 Å². The summed E-state index contributed by atoms with van der Waals surface area (Å²) >= 11 is 0. The third-order valence-corrected chi connectivity index (χ3v) is 11.8. The molecule has 0 spiro atoms. The molecule has 0 amide bonds. The molecule has 13 heteroatoms. The van der Waals surface area contributed by atoms with Crippen LogP contribution >= 0.6 is 0 Å². The van der Waals surface area contributed by atoms with Crippen molar-refractivity contribution in [2.45, 2.75) is 179 Å². The number of ether oxygens (including phenoxy) is 6. The largest absolute Gasteiger partial charge is 0.459 e. The summed E-state index contributed by atoms with van der Waals surface area (Å²) in [4.78, 5) is 18.0. The van der Waals surface area contributed by atoms with Gasteiger partial charge in [-0.15, -0.1) is 0 Å². The number of nitrogens with zero attached hydrogens (tertiary/aromatic N) is 2. The van der Waals surface area contributed by atoms with E-state index in [4.69, 9.17) is 28.4 Å². The van der Waals surface area contributed by atoms with Gasteiger partial charge in [-0.2, -0.15) is 0 Å². The molecule has 0 radical (unpaired) electrons. The van der Waals surface area contributed by atoms with Gasteiger partial charge in [0, 0.05) is 38.6 Å². The predicted molar refractivity (Wildman–Crippen MR) is 188 cm³/mol. The van der Waals surface area contributed by atoms with Crippen LogP contribution in [0.15, 0.2) is 0 Å². The van der Waals surface area contributed by atoms with Crippen molar-refractivity contribution >= 4 is 5.97 Å². The fourth-order valence-corrected chi connectivity index (χ4v) is 8.10. The van der Waals surface area contributed by atoms with Crippen LogP contribution in [0.4, 0.5) is 0 Å². The van der Waals surface area contributed by atoms with E-state index in [-0.39, 0.29) is 43.2 Å². The lowest BCUT2D eigenvalue weighted by atomic mass is 9.85. The highest BCUT2D eigenvalue weighted by Gasteiger charge is 2.49. The van der Waals surface area contributed by atoms with Crippen LogP contribution in [0.2, 0.25) is 0 Å². The average Bonchev–Trinajstić information content (AvgIpc) is 3.04. The Bertz CT molecular complexity index is 1070. The normalized spacial score (nSPS) is 48.1. The molecule has 50 heavy (non-hydrogen) atoms. The highest BCUT2D eigenvalue weighted by Crippen LogP contribution is 2.37. The van der Waals surface area contributed by atoms with Gasteiger partial charge in [0.15, 0.2) is 12.6 Å². The lowest BCUT2D eigenvalue weighted by Gasteiger charge is -2.46. The summed E-state index contributed by atoms with van der Waals surface area (Å²) in [6, 6.07) is -0.607. The number of cyclic esters (lactones) is 1. The minimum atomic E-state index is -1.73. The summed E-state index contributed by atoms with van der Waals surface area (Å²) in [6.07, 6.45) is -5.72. The third-order valence-electron chi connectivity index (χ3n) is 11.8. The maximum absolute atomic E-state index is 14.0. The molecular weight excluding hydrogens is 648 g/mol. The van der Waals surface area contributed by atoms with E-state index in [1.54, 1.807) is 27.7 Å². The molecule has 0 aromatic rings. The maximum atomic E-state index is 14.0. The zero-order valence-electron chi connectivity index (χ0n) is 32.9. The van der Waals surface area contributed by atoms with Crippen molar-refractivity contribution in [1.29, 1.82) is 0 Å². The van der Waals surface area contributed by atoms with Crippen LogP contribution in [0.25, 0.3) is 0 Å². The Hall–Kier alpha value is -0.970. The number of esters is 1. The lowest BCUT2D eigenvalue weighted by molar-refractivity contribution is -0.301. The summed E-state index contributed by atoms with van der Waals surface area (Å²) in [5.41, 5.74) is -2.68. The van der Waals surface area contributed by atoms with Gasteiger partial charge in [0.05, 0.1) is 35.9 Å². The second-order valence-corrected chi connectivity index (χ2v) is 16.4. The Morgan fingerprint density at radius 3 is 2.16 bits per heavy atom. The second-order valence-electron chi connectivity index (χ2n) is 16.4. The Morgan fingerprint density at radius 2 is 1.58 bits per heavy atom. The predicted octanol–water partition coefficient (Wildman–Crippen LogP) is 2.54. The van der Waals surface area contributed by atoms with E-state index in [9.17, 15) is 25.2 Å². The van der Waals surface area contributed by atoms with E-state index in [1.807, 2.05) is 44.8 Å². The van der Waals surface area contributed by atoms with Crippen molar-refractivity contribution in [3.8, 4) is 0 Å². The molecule has 3 fully saturated rings. The van der Waals surface area contributed by atoms with Gasteiger partial charge < -0.3 is 58.6 Å². The van der Waals surface area contributed by atoms with E-state index in [0.29, 0.717) is 13.0 Å². The van der Waals surface area contributed by atoms with Crippen LogP contribution < -0.4 is 0 Å². The number of aliphatic hydroxyl groups excluding tert-OH is 3. The molecule has 3 saturated heterocycles. The van der Waals surface area contributed by atoms with Crippen LogP contribution in [-0.2, 0) is 33.2 Å². The van der Waals surface area contributed by atoms with E-state index in [0.717, 1.165) is 6.42 Å². The summed E-state index contributed by atoms with van der Waals surface area (Å²) in [5.74, 6) is -1.38. The minimum absolute atomic E-state index is 0.0762. The van der Waals surface area contributed by atoms with Gasteiger partial charge in [-0.3, -0.25) is 4.79 Å². The first kappa shape index (κ1) is 43.4. The summed E-state index contributed by atoms with van der Waals surface area (Å²) < 4.78 is 37.5. The Morgan fingerprint density at radius 1 is 0.940 bits per heavy atom. The van der Waals surface area contributed by atoms with E-state index < -0.39 is 84.4 Å².